The van der Waals surface area contributed by atoms with Gasteiger partial charge in [0.15, 0.2) is 0 Å². The smallest absolute Gasteiger partial charge is 0.326 e. The minimum atomic E-state index is -1.28. The highest BCUT2D eigenvalue weighted by atomic mass is 16.4. The summed E-state index contributed by atoms with van der Waals surface area (Å²) in [6.45, 7) is 0. The number of aliphatic carboxylic acids is 4. The summed E-state index contributed by atoms with van der Waals surface area (Å²) < 4.78 is 0. The van der Waals surface area contributed by atoms with Crippen LogP contribution in [0.25, 0.3) is 0 Å². The number of carbonyl (C=O) groups is 6. The van der Waals surface area contributed by atoms with Crippen LogP contribution in [0.3, 0.4) is 0 Å². The molecule has 0 fully saturated rings. The van der Waals surface area contributed by atoms with Gasteiger partial charge in [0.1, 0.15) is 12.1 Å². The van der Waals surface area contributed by atoms with Gasteiger partial charge < -0.3 is 31.1 Å². The quantitative estimate of drug-likeness (QED) is 0.150. The highest BCUT2D eigenvalue weighted by Gasteiger charge is 2.21. The number of carbonyl (C=O) groups excluding carboxylic acids is 2. The molecule has 0 aromatic carbocycles. The normalized spacial score (nSPS) is 12.4. The number of nitrogens with one attached hydrogen (secondary N) is 2. The molecule has 12 heteroatoms. The standard InChI is InChI=1S/C20H32N2O10/c23-15(21-13(19(29)30)9-11-17(25)26)7-5-3-1-2-4-6-8-16(24)22-14(20(31)32)10-12-18(27)28/h13-14H,1-12H2,(H,21,23)(H,22,24)(H,25,26)(H,27,28)(H,29,30)(H,31,32)/t13-,14-/m1/s1. The van der Waals surface area contributed by atoms with E-state index >= 15 is 0 Å². The van der Waals surface area contributed by atoms with Crippen LogP contribution in [0.1, 0.15) is 77.0 Å². The maximum absolute atomic E-state index is 11.8. The van der Waals surface area contributed by atoms with Crippen molar-refractivity contribution < 1.29 is 49.2 Å². The maximum Gasteiger partial charge on any atom is 0.326 e. The SMILES string of the molecule is O=C(O)CC[C@@H](NC(=O)CCCCCCCCC(=O)N[C@H](CCC(=O)O)C(=O)O)C(=O)O. The van der Waals surface area contributed by atoms with E-state index in [-0.39, 0.29) is 38.5 Å². The molecule has 12 nitrogen and oxygen atoms in total. The third-order valence-corrected chi connectivity index (χ3v) is 4.62. The summed E-state index contributed by atoms with van der Waals surface area (Å²) in [5.74, 6) is -5.73. The molecule has 0 saturated carbocycles. The highest BCUT2D eigenvalue weighted by Crippen LogP contribution is 2.09. The Morgan fingerprint density at radius 2 is 0.812 bits per heavy atom. The van der Waals surface area contributed by atoms with Crippen molar-refractivity contribution in [1.29, 1.82) is 0 Å². The van der Waals surface area contributed by atoms with E-state index in [1.165, 1.54) is 0 Å². The summed E-state index contributed by atoms with van der Waals surface area (Å²) in [6.07, 6.45) is 3.32. The summed E-state index contributed by atoms with van der Waals surface area (Å²) >= 11 is 0. The van der Waals surface area contributed by atoms with Crippen LogP contribution in [0.15, 0.2) is 0 Å². The first-order chi connectivity index (χ1) is 15.0. The highest BCUT2D eigenvalue weighted by molar-refractivity contribution is 5.84. The Morgan fingerprint density at radius 1 is 0.500 bits per heavy atom. The average Bonchev–Trinajstić information content (AvgIpc) is 2.69. The first-order valence-corrected chi connectivity index (χ1v) is 10.5. The van der Waals surface area contributed by atoms with E-state index in [9.17, 15) is 28.8 Å². The number of hydrogen-bond donors (Lipinski definition) is 6. The molecule has 0 aromatic heterocycles. The Labute approximate surface area is 185 Å². The number of carboxylic acids is 4. The number of carboxylic acid groups (broad SMARTS) is 4. The lowest BCUT2D eigenvalue weighted by Gasteiger charge is -2.13. The zero-order chi connectivity index (χ0) is 24.5. The predicted molar refractivity (Wildman–Crippen MR) is 110 cm³/mol. The van der Waals surface area contributed by atoms with Crippen LogP contribution in [0.4, 0.5) is 0 Å². The molecule has 2 atom stereocenters. The van der Waals surface area contributed by atoms with Crippen LogP contribution < -0.4 is 10.6 Å². The Balaban J connectivity index is 3.90. The third kappa shape index (κ3) is 15.6. The summed E-state index contributed by atoms with van der Waals surface area (Å²) in [5, 5.41) is 39.8. The molecule has 2 amide bonds. The van der Waals surface area contributed by atoms with Gasteiger partial charge in [-0.05, 0) is 25.7 Å². The van der Waals surface area contributed by atoms with E-state index in [0.29, 0.717) is 12.8 Å². The van der Waals surface area contributed by atoms with Gasteiger partial charge in [-0.1, -0.05) is 25.7 Å². The zero-order valence-corrected chi connectivity index (χ0v) is 17.9. The number of rotatable bonds is 19. The fourth-order valence-electron chi connectivity index (χ4n) is 2.86. The van der Waals surface area contributed by atoms with Crippen LogP contribution in [-0.2, 0) is 28.8 Å². The van der Waals surface area contributed by atoms with Gasteiger partial charge >= 0.3 is 23.9 Å². The van der Waals surface area contributed by atoms with Crippen LogP contribution in [-0.4, -0.2) is 68.2 Å². The van der Waals surface area contributed by atoms with Crippen LogP contribution in [0.5, 0.6) is 0 Å². The second kappa shape index (κ2) is 16.5. The molecular weight excluding hydrogens is 428 g/mol. The lowest BCUT2D eigenvalue weighted by molar-refractivity contribution is -0.144. The molecule has 0 heterocycles. The van der Waals surface area contributed by atoms with E-state index in [0.717, 1.165) is 25.7 Å². The number of amides is 2. The largest absolute Gasteiger partial charge is 0.481 e. The monoisotopic (exact) mass is 460 g/mol. The lowest BCUT2D eigenvalue weighted by Crippen LogP contribution is -2.41. The predicted octanol–water partition coefficient (Wildman–Crippen LogP) is 0.976. The Bertz CT molecular complexity index is 609. The third-order valence-electron chi connectivity index (χ3n) is 4.62. The molecule has 0 rings (SSSR count). The second-order valence-electron chi connectivity index (χ2n) is 7.40. The van der Waals surface area contributed by atoms with Crippen molar-refractivity contribution in [1.82, 2.24) is 10.6 Å². The Hall–Kier alpha value is -3.18. The molecule has 32 heavy (non-hydrogen) atoms. The fourth-order valence-corrected chi connectivity index (χ4v) is 2.86. The second-order valence-corrected chi connectivity index (χ2v) is 7.40. The van der Waals surface area contributed by atoms with Crippen molar-refractivity contribution in [2.75, 3.05) is 0 Å². The average molecular weight is 460 g/mol. The topological polar surface area (TPSA) is 207 Å². The van der Waals surface area contributed by atoms with Crippen LogP contribution in [0.2, 0.25) is 0 Å². The maximum atomic E-state index is 11.8. The Morgan fingerprint density at radius 3 is 1.09 bits per heavy atom. The number of hydrogen-bond acceptors (Lipinski definition) is 6. The molecule has 0 aliphatic rings. The zero-order valence-electron chi connectivity index (χ0n) is 17.9. The van der Waals surface area contributed by atoms with Crippen molar-refractivity contribution in [3.05, 3.63) is 0 Å². The fraction of sp³-hybridized carbons (Fsp3) is 0.700. The summed E-state index contributed by atoms with van der Waals surface area (Å²) in [6, 6.07) is -2.45. The molecule has 0 aromatic rings. The lowest BCUT2D eigenvalue weighted by atomic mass is 10.1. The van der Waals surface area contributed by atoms with Crippen molar-refractivity contribution in [2.24, 2.45) is 0 Å². The van der Waals surface area contributed by atoms with E-state index in [1.54, 1.807) is 0 Å². The molecule has 0 spiro atoms. The van der Waals surface area contributed by atoms with Crippen molar-refractivity contribution in [3.63, 3.8) is 0 Å². The van der Waals surface area contributed by atoms with E-state index in [4.69, 9.17) is 20.4 Å². The molecule has 0 radical (unpaired) electrons. The molecule has 0 saturated heterocycles. The first kappa shape index (κ1) is 28.8. The van der Waals surface area contributed by atoms with Crippen molar-refractivity contribution in [3.8, 4) is 0 Å². The minimum absolute atomic E-state index is 0.131. The van der Waals surface area contributed by atoms with Gasteiger partial charge in [0.05, 0.1) is 0 Å². The number of unbranched alkanes of at least 4 members (excludes halogenated alkanes) is 5. The first-order valence-electron chi connectivity index (χ1n) is 10.5. The molecule has 6 N–H and O–H groups in total. The van der Waals surface area contributed by atoms with Gasteiger partial charge in [0.2, 0.25) is 11.8 Å². The van der Waals surface area contributed by atoms with Crippen LogP contribution in [0, 0.1) is 0 Å². The van der Waals surface area contributed by atoms with E-state index < -0.39 is 47.8 Å². The van der Waals surface area contributed by atoms with Gasteiger partial charge in [-0.3, -0.25) is 19.2 Å². The molecule has 0 bridgehead atoms. The Kier molecular flexibility index (Phi) is 14.9. The molecule has 0 unspecified atom stereocenters. The van der Waals surface area contributed by atoms with Gasteiger partial charge in [0, 0.05) is 25.7 Å². The summed E-state index contributed by atoms with van der Waals surface area (Å²) in [7, 11) is 0. The molecule has 0 aliphatic carbocycles. The minimum Gasteiger partial charge on any atom is -0.481 e. The van der Waals surface area contributed by atoms with Crippen LogP contribution >= 0.6 is 0 Å². The van der Waals surface area contributed by atoms with Gasteiger partial charge in [0.25, 0.3) is 0 Å². The summed E-state index contributed by atoms with van der Waals surface area (Å²) in [4.78, 5) is 66.7. The molecule has 182 valence electrons. The summed E-state index contributed by atoms with van der Waals surface area (Å²) in [5.41, 5.74) is 0. The molecular formula is C20H32N2O10. The van der Waals surface area contributed by atoms with Gasteiger partial charge in [-0.2, -0.15) is 0 Å². The van der Waals surface area contributed by atoms with E-state index in [2.05, 4.69) is 10.6 Å². The van der Waals surface area contributed by atoms with Gasteiger partial charge in [-0.25, -0.2) is 9.59 Å². The van der Waals surface area contributed by atoms with Crippen molar-refractivity contribution in [2.45, 2.75) is 89.1 Å². The van der Waals surface area contributed by atoms with Gasteiger partial charge in [-0.15, -0.1) is 0 Å². The van der Waals surface area contributed by atoms with E-state index in [1.807, 2.05) is 0 Å². The molecule has 0 aliphatic heterocycles. The van der Waals surface area contributed by atoms with Crippen molar-refractivity contribution >= 4 is 35.7 Å².